The Morgan fingerprint density at radius 2 is 1.83 bits per heavy atom. The number of hydrogen-bond donors (Lipinski definition) is 1. The van der Waals surface area contributed by atoms with E-state index in [9.17, 15) is 9.59 Å². The first-order chi connectivity index (χ1) is 16.7. The van der Waals surface area contributed by atoms with E-state index in [1.54, 1.807) is 4.90 Å². The van der Waals surface area contributed by atoms with Crippen LogP contribution in [0.25, 0.3) is 22.4 Å². The van der Waals surface area contributed by atoms with E-state index < -0.39 is 5.60 Å². The van der Waals surface area contributed by atoms with E-state index in [2.05, 4.69) is 40.3 Å². The fourth-order valence-corrected chi connectivity index (χ4v) is 5.18. The van der Waals surface area contributed by atoms with E-state index in [0.29, 0.717) is 12.9 Å². The largest absolute Gasteiger partial charge is 0.444 e. The van der Waals surface area contributed by atoms with Gasteiger partial charge in [0.25, 0.3) is 0 Å². The summed E-state index contributed by atoms with van der Waals surface area (Å²) in [5.74, 6) is 0.996. The third kappa shape index (κ3) is 4.64. The standard InChI is InChI=1S/C28H32BN3O3/c1-28(2,3)35-27(34)32-12-4-5-24(32)26-30-16-23(31-26)19-8-10-21-17(13-19)6-7-18-14-20(25(33)15-29)9-11-22(18)21/h8-11,13-14,16,24H,4-7,12,15,29H2,1-3H3,(H,30,31)/t24-/m0/s1. The lowest BCUT2D eigenvalue weighted by Crippen LogP contribution is -2.36. The molecule has 1 saturated heterocycles. The predicted molar refractivity (Wildman–Crippen MR) is 139 cm³/mol. The van der Waals surface area contributed by atoms with Crippen LogP contribution in [0.4, 0.5) is 4.79 Å². The van der Waals surface area contributed by atoms with Crippen LogP contribution < -0.4 is 0 Å². The van der Waals surface area contributed by atoms with Crippen LogP contribution in [0.3, 0.4) is 0 Å². The number of H-pyrrole nitrogens is 1. The molecule has 7 heteroatoms. The number of fused-ring (bicyclic) bond motifs is 3. The van der Waals surface area contributed by atoms with Gasteiger partial charge >= 0.3 is 6.09 Å². The first-order valence-electron chi connectivity index (χ1n) is 12.6. The number of aryl methyl sites for hydroxylation is 2. The van der Waals surface area contributed by atoms with Gasteiger partial charge in [-0.25, -0.2) is 9.78 Å². The number of nitrogens with zero attached hydrogens (tertiary/aromatic N) is 2. The molecule has 35 heavy (non-hydrogen) atoms. The summed E-state index contributed by atoms with van der Waals surface area (Å²) in [6.07, 6.45) is 5.78. The summed E-state index contributed by atoms with van der Waals surface area (Å²) in [5, 5.41) is 0. The molecule has 1 fully saturated rings. The molecule has 0 saturated carbocycles. The van der Waals surface area contributed by atoms with Gasteiger partial charge in [0.15, 0.2) is 5.78 Å². The van der Waals surface area contributed by atoms with Crippen LogP contribution in [-0.2, 0) is 17.6 Å². The molecule has 1 amide bonds. The normalized spacial score (nSPS) is 17.1. The molecular weight excluding hydrogens is 437 g/mol. The van der Waals surface area contributed by atoms with E-state index in [4.69, 9.17) is 4.74 Å². The SMILES string of the molecule is BCC(=O)c1ccc2c(c1)CCc1cc(-c3cnc([C@@H]4CCCN4C(=O)OC(C)(C)C)[nH]3)ccc1-2. The first-order valence-corrected chi connectivity index (χ1v) is 12.6. The molecular formula is C28H32BN3O3. The number of aromatic amines is 1. The highest BCUT2D eigenvalue weighted by Crippen LogP contribution is 2.37. The third-order valence-electron chi connectivity index (χ3n) is 6.91. The van der Waals surface area contributed by atoms with Crippen molar-refractivity contribution in [2.24, 2.45) is 0 Å². The van der Waals surface area contributed by atoms with Crippen LogP contribution in [0, 0.1) is 0 Å². The van der Waals surface area contributed by atoms with Gasteiger partial charge in [0.1, 0.15) is 19.3 Å². The Morgan fingerprint density at radius 3 is 2.54 bits per heavy atom. The molecule has 6 nitrogen and oxygen atoms in total. The van der Waals surface area contributed by atoms with Crippen LogP contribution in [0.5, 0.6) is 0 Å². The summed E-state index contributed by atoms with van der Waals surface area (Å²) in [6.45, 7) is 6.34. The molecule has 0 bridgehead atoms. The number of ketones is 1. The first kappa shape index (κ1) is 23.4. The summed E-state index contributed by atoms with van der Waals surface area (Å²) in [6, 6.07) is 12.5. The molecule has 0 unspecified atom stereocenters. The van der Waals surface area contributed by atoms with E-state index in [-0.39, 0.29) is 17.9 Å². The fraction of sp³-hybridized carbons (Fsp3) is 0.393. The summed E-state index contributed by atoms with van der Waals surface area (Å²) in [7, 11) is 1.90. The van der Waals surface area contributed by atoms with Gasteiger partial charge in [0, 0.05) is 12.1 Å². The van der Waals surface area contributed by atoms with Crippen molar-refractivity contribution < 1.29 is 14.3 Å². The number of hydrogen-bond acceptors (Lipinski definition) is 4. The van der Waals surface area contributed by atoms with Gasteiger partial charge in [0.2, 0.25) is 0 Å². The molecule has 2 aromatic carbocycles. The lowest BCUT2D eigenvalue weighted by molar-refractivity contribution is 0.0218. The molecule has 180 valence electrons. The lowest BCUT2D eigenvalue weighted by Gasteiger charge is -2.27. The summed E-state index contributed by atoms with van der Waals surface area (Å²) < 4.78 is 5.61. The Balaban J connectivity index is 1.38. The lowest BCUT2D eigenvalue weighted by atomic mass is 9.83. The van der Waals surface area contributed by atoms with Gasteiger partial charge in [-0.2, -0.15) is 0 Å². The number of amides is 1. The van der Waals surface area contributed by atoms with Gasteiger partial charge in [0.05, 0.1) is 17.9 Å². The molecule has 5 rings (SSSR count). The molecule has 0 radical (unpaired) electrons. The number of carbonyl (C=O) groups is 2. The monoisotopic (exact) mass is 469 g/mol. The van der Waals surface area contributed by atoms with E-state index in [1.165, 1.54) is 22.3 Å². The van der Waals surface area contributed by atoms with Gasteiger partial charge in [-0.15, -0.1) is 0 Å². The molecule has 0 spiro atoms. The Bertz CT molecular complexity index is 1290. The van der Waals surface area contributed by atoms with Crippen LogP contribution in [0.15, 0.2) is 42.6 Å². The number of rotatable bonds is 4. The van der Waals surface area contributed by atoms with Gasteiger partial charge in [-0.3, -0.25) is 9.69 Å². The smallest absolute Gasteiger partial charge is 0.410 e. The number of nitrogens with one attached hydrogen (secondary N) is 1. The second kappa shape index (κ2) is 9.02. The Morgan fingerprint density at radius 1 is 1.11 bits per heavy atom. The zero-order valence-corrected chi connectivity index (χ0v) is 21.0. The van der Waals surface area contributed by atoms with E-state index in [1.807, 2.05) is 40.9 Å². The predicted octanol–water partition coefficient (Wildman–Crippen LogP) is 5.15. The number of likely N-dealkylation sites (tertiary alicyclic amines) is 1. The zero-order chi connectivity index (χ0) is 24.7. The number of Topliss-reactive ketones (excluding diaryl/α,β-unsaturated/α-hetero) is 1. The highest BCUT2D eigenvalue weighted by molar-refractivity contribution is 6.24. The Labute approximate surface area is 207 Å². The topological polar surface area (TPSA) is 75.3 Å². The number of benzene rings is 2. The minimum Gasteiger partial charge on any atom is -0.444 e. The molecule has 1 aliphatic heterocycles. The fourth-order valence-electron chi connectivity index (χ4n) is 5.18. The highest BCUT2D eigenvalue weighted by Gasteiger charge is 2.35. The molecule has 3 aromatic rings. The number of aromatic nitrogens is 2. The number of ether oxygens (including phenoxy) is 1. The van der Waals surface area contributed by atoms with Crippen LogP contribution in [0.2, 0.25) is 6.32 Å². The zero-order valence-electron chi connectivity index (χ0n) is 21.0. The quantitative estimate of drug-likeness (QED) is 0.424. The summed E-state index contributed by atoms with van der Waals surface area (Å²) in [4.78, 5) is 34.7. The van der Waals surface area contributed by atoms with E-state index in [0.717, 1.165) is 48.3 Å². The number of imidazole rings is 1. The van der Waals surface area contributed by atoms with Crippen molar-refractivity contribution in [3.05, 3.63) is 65.1 Å². The molecule has 2 aliphatic rings. The highest BCUT2D eigenvalue weighted by atomic mass is 16.6. The van der Waals surface area contributed by atoms with Crippen molar-refractivity contribution in [2.75, 3.05) is 6.54 Å². The van der Waals surface area contributed by atoms with E-state index >= 15 is 0 Å². The molecule has 2 heterocycles. The molecule has 1 aliphatic carbocycles. The average molecular weight is 469 g/mol. The average Bonchev–Trinajstić information content (AvgIpc) is 3.51. The Kier molecular flexibility index (Phi) is 6.03. The van der Waals surface area contributed by atoms with Crippen LogP contribution in [-0.4, -0.2) is 46.7 Å². The van der Waals surface area contributed by atoms with Crippen molar-refractivity contribution in [2.45, 2.75) is 64.4 Å². The Hall–Kier alpha value is -3.35. The van der Waals surface area contributed by atoms with Crippen molar-refractivity contribution in [3.8, 4) is 22.4 Å². The van der Waals surface area contributed by atoms with Crippen LogP contribution >= 0.6 is 0 Å². The maximum absolute atomic E-state index is 12.7. The molecule has 1 N–H and O–H groups in total. The minimum absolute atomic E-state index is 0.0943. The molecule has 1 atom stereocenters. The van der Waals surface area contributed by atoms with Crippen molar-refractivity contribution >= 4 is 19.7 Å². The van der Waals surface area contributed by atoms with Crippen molar-refractivity contribution in [3.63, 3.8) is 0 Å². The number of carbonyl (C=O) groups excluding carboxylic acids is 2. The summed E-state index contributed by atoms with van der Waals surface area (Å²) in [5.41, 5.74) is 7.33. The second-order valence-electron chi connectivity index (χ2n) is 10.5. The maximum atomic E-state index is 12.7. The van der Waals surface area contributed by atoms with Crippen molar-refractivity contribution in [1.82, 2.24) is 14.9 Å². The molecule has 1 aromatic heterocycles. The summed E-state index contributed by atoms with van der Waals surface area (Å²) >= 11 is 0. The van der Waals surface area contributed by atoms with Gasteiger partial charge in [-0.1, -0.05) is 24.3 Å². The van der Waals surface area contributed by atoms with Crippen LogP contribution in [0.1, 0.15) is 67.0 Å². The maximum Gasteiger partial charge on any atom is 0.410 e. The second-order valence-corrected chi connectivity index (χ2v) is 10.5. The van der Waals surface area contributed by atoms with Crippen molar-refractivity contribution in [1.29, 1.82) is 0 Å². The third-order valence-corrected chi connectivity index (χ3v) is 6.91. The van der Waals surface area contributed by atoms with Gasteiger partial charge in [-0.05, 0) is 92.7 Å². The minimum atomic E-state index is -0.520. The van der Waals surface area contributed by atoms with Gasteiger partial charge < -0.3 is 9.72 Å².